The second-order valence-electron chi connectivity index (χ2n) is 6.72. The van der Waals surface area contributed by atoms with Crippen LogP contribution in [-0.2, 0) is 13.0 Å². The average Bonchev–Trinajstić information content (AvgIpc) is 3.06. The van der Waals surface area contributed by atoms with Crippen molar-refractivity contribution in [2.75, 3.05) is 13.1 Å². The fraction of sp³-hybridized carbons (Fsp3) is 0.333. The summed E-state index contributed by atoms with van der Waals surface area (Å²) in [6, 6.07) is 9.83. The number of aromatic nitrogens is 4. The first-order valence-electron chi connectivity index (χ1n) is 9.66. The number of guanidine groups is 1. The van der Waals surface area contributed by atoms with Crippen LogP contribution < -0.4 is 10.6 Å². The Morgan fingerprint density at radius 3 is 2.43 bits per heavy atom. The van der Waals surface area contributed by atoms with Crippen molar-refractivity contribution in [1.29, 1.82) is 0 Å². The van der Waals surface area contributed by atoms with Crippen LogP contribution in [0.25, 0.3) is 5.82 Å². The molecule has 30 heavy (non-hydrogen) atoms. The van der Waals surface area contributed by atoms with E-state index in [0.717, 1.165) is 53.8 Å². The largest absolute Gasteiger partial charge is 0.357 e. The molecule has 0 aliphatic heterocycles. The first-order chi connectivity index (χ1) is 14.0. The molecule has 7 nitrogen and oxygen atoms in total. The van der Waals surface area contributed by atoms with E-state index >= 15 is 0 Å². The summed E-state index contributed by atoms with van der Waals surface area (Å²) in [5.74, 6) is 1.59. The maximum atomic E-state index is 5.82. The van der Waals surface area contributed by atoms with Gasteiger partial charge in [-0.15, -0.1) is 24.0 Å². The van der Waals surface area contributed by atoms with E-state index in [-0.39, 0.29) is 24.0 Å². The minimum absolute atomic E-state index is 0. The fourth-order valence-electron chi connectivity index (χ4n) is 2.89. The molecule has 0 radical (unpaired) electrons. The molecule has 3 aromatic heterocycles. The average molecular weight is 540 g/mol. The molecule has 0 saturated carbocycles. The van der Waals surface area contributed by atoms with Crippen LogP contribution in [0.15, 0.2) is 47.7 Å². The van der Waals surface area contributed by atoms with Crippen LogP contribution in [0.5, 0.6) is 0 Å². The molecule has 0 atom stereocenters. The van der Waals surface area contributed by atoms with Gasteiger partial charge in [-0.05, 0) is 56.5 Å². The van der Waals surface area contributed by atoms with Crippen molar-refractivity contribution in [3.8, 4) is 5.82 Å². The highest BCUT2D eigenvalue weighted by atomic mass is 127. The third kappa shape index (κ3) is 6.94. The SMILES string of the molecule is CCNC(=NCc1ccc(-n2nc(C)cc2C)nc1)NCCc1ccc(Cl)nc1.I. The summed E-state index contributed by atoms with van der Waals surface area (Å²) in [5, 5.41) is 11.6. The molecule has 0 aromatic carbocycles. The molecular formula is C21H27ClIN7. The predicted molar refractivity (Wildman–Crippen MR) is 132 cm³/mol. The lowest BCUT2D eigenvalue weighted by Gasteiger charge is -2.11. The molecule has 0 unspecified atom stereocenters. The van der Waals surface area contributed by atoms with Crippen LogP contribution in [0, 0.1) is 13.8 Å². The van der Waals surface area contributed by atoms with E-state index in [1.165, 1.54) is 0 Å². The molecule has 2 N–H and O–H groups in total. The van der Waals surface area contributed by atoms with Crippen molar-refractivity contribution in [1.82, 2.24) is 30.4 Å². The van der Waals surface area contributed by atoms with E-state index in [2.05, 4.69) is 30.7 Å². The Bertz CT molecular complexity index is 952. The molecule has 0 saturated heterocycles. The minimum atomic E-state index is 0. The van der Waals surface area contributed by atoms with Crippen molar-refractivity contribution in [2.24, 2.45) is 4.99 Å². The minimum Gasteiger partial charge on any atom is -0.357 e. The Hall–Kier alpha value is -2.20. The Morgan fingerprint density at radius 2 is 1.83 bits per heavy atom. The molecule has 0 spiro atoms. The first kappa shape index (κ1) is 24.1. The summed E-state index contributed by atoms with van der Waals surface area (Å²) in [5.41, 5.74) is 4.21. The Labute approximate surface area is 199 Å². The Kier molecular flexibility index (Phi) is 9.51. The van der Waals surface area contributed by atoms with Crippen molar-refractivity contribution in [3.05, 3.63) is 70.4 Å². The van der Waals surface area contributed by atoms with Gasteiger partial charge in [-0.25, -0.2) is 19.6 Å². The van der Waals surface area contributed by atoms with Crippen molar-refractivity contribution >= 4 is 41.5 Å². The van der Waals surface area contributed by atoms with E-state index in [9.17, 15) is 0 Å². The fourth-order valence-corrected chi connectivity index (χ4v) is 3.00. The smallest absolute Gasteiger partial charge is 0.191 e. The molecule has 0 fully saturated rings. The third-order valence-corrected chi connectivity index (χ3v) is 4.52. The predicted octanol–water partition coefficient (Wildman–Crippen LogP) is 3.85. The lowest BCUT2D eigenvalue weighted by molar-refractivity contribution is 0.793. The van der Waals surface area contributed by atoms with Crippen LogP contribution in [-0.4, -0.2) is 38.8 Å². The number of hydrogen-bond acceptors (Lipinski definition) is 4. The second-order valence-corrected chi connectivity index (χ2v) is 7.11. The quantitative estimate of drug-likeness (QED) is 0.206. The lowest BCUT2D eigenvalue weighted by Crippen LogP contribution is -2.38. The van der Waals surface area contributed by atoms with Gasteiger partial charge in [0.2, 0.25) is 0 Å². The third-order valence-electron chi connectivity index (χ3n) is 4.29. The molecule has 3 heterocycles. The number of halogens is 2. The van der Waals surface area contributed by atoms with Gasteiger partial charge in [-0.1, -0.05) is 23.7 Å². The topological polar surface area (TPSA) is 80.0 Å². The summed E-state index contributed by atoms with van der Waals surface area (Å²) in [7, 11) is 0. The van der Waals surface area contributed by atoms with Crippen LogP contribution >= 0.6 is 35.6 Å². The highest BCUT2D eigenvalue weighted by Crippen LogP contribution is 2.11. The molecule has 0 amide bonds. The summed E-state index contributed by atoms with van der Waals surface area (Å²) >= 11 is 5.82. The van der Waals surface area contributed by atoms with E-state index in [0.29, 0.717) is 11.7 Å². The maximum Gasteiger partial charge on any atom is 0.191 e. The van der Waals surface area contributed by atoms with Gasteiger partial charge in [0.05, 0.1) is 12.2 Å². The zero-order valence-electron chi connectivity index (χ0n) is 17.4. The summed E-state index contributed by atoms with van der Waals surface area (Å²) in [4.78, 5) is 13.3. The van der Waals surface area contributed by atoms with Gasteiger partial charge in [0.1, 0.15) is 5.15 Å². The molecule has 0 aliphatic rings. The number of rotatable bonds is 7. The van der Waals surface area contributed by atoms with Crippen LogP contribution in [0.4, 0.5) is 0 Å². The number of aryl methyl sites for hydroxylation is 2. The van der Waals surface area contributed by atoms with E-state index in [1.54, 1.807) is 12.3 Å². The number of nitrogens with zero attached hydrogens (tertiary/aromatic N) is 5. The van der Waals surface area contributed by atoms with E-state index < -0.39 is 0 Å². The maximum absolute atomic E-state index is 5.82. The number of pyridine rings is 2. The van der Waals surface area contributed by atoms with Crippen LogP contribution in [0.3, 0.4) is 0 Å². The van der Waals surface area contributed by atoms with Gasteiger partial charge >= 0.3 is 0 Å². The normalized spacial score (nSPS) is 11.1. The number of hydrogen-bond donors (Lipinski definition) is 2. The molecule has 0 bridgehead atoms. The highest BCUT2D eigenvalue weighted by Gasteiger charge is 2.05. The van der Waals surface area contributed by atoms with Crippen molar-refractivity contribution in [3.63, 3.8) is 0 Å². The van der Waals surface area contributed by atoms with Crippen molar-refractivity contribution in [2.45, 2.75) is 33.7 Å². The van der Waals surface area contributed by atoms with Gasteiger partial charge in [0.25, 0.3) is 0 Å². The molecule has 3 aromatic rings. The molecular weight excluding hydrogens is 513 g/mol. The number of nitrogens with one attached hydrogen (secondary N) is 2. The molecule has 160 valence electrons. The second kappa shape index (κ2) is 11.8. The zero-order valence-corrected chi connectivity index (χ0v) is 20.5. The van der Waals surface area contributed by atoms with E-state index in [1.807, 2.05) is 55.9 Å². The van der Waals surface area contributed by atoms with Gasteiger partial charge < -0.3 is 10.6 Å². The summed E-state index contributed by atoms with van der Waals surface area (Å²) in [6.45, 7) is 8.14. The Morgan fingerprint density at radius 1 is 1.07 bits per heavy atom. The first-order valence-corrected chi connectivity index (χ1v) is 10.0. The van der Waals surface area contributed by atoms with Gasteiger partial charge in [0, 0.05) is 31.2 Å². The highest BCUT2D eigenvalue weighted by molar-refractivity contribution is 14.0. The zero-order chi connectivity index (χ0) is 20.6. The van der Waals surface area contributed by atoms with Gasteiger partial charge in [-0.2, -0.15) is 5.10 Å². The summed E-state index contributed by atoms with van der Waals surface area (Å²) < 4.78 is 1.85. The summed E-state index contributed by atoms with van der Waals surface area (Å²) in [6.07, 6.45) is 4.48. The molecule has 3 rings (SSSR count). The number of aliphatic imine (C=N–C) groups is 1. The Balaban J connectivity index is 0.00000320. The molecule has 0 aliphatic carbocycles. The van der Waals surface area contributed by atoms with Crippen LogP contribution in [0.1, 0.15) is 29.4 Å². The standard InChI is InChI=1S/C21H26ClN7.HI/c1-4-23-21(24-10-9-17-5-7-19(22)25-12-17)27-14-18-6-8-20(26-13-18)29-16(3)11-15(2)28-29;/h5-8,11-13H,4,9-10,14H2,1-3H3,(H2,23,24,27);1H. The van der Waals surface area contributed by atoms with Gasteiger partial charge in [0.15, 0.2) is 11.8 Å². The lowest BCUT2D eigenvalue weighted by atomic mass is 10.2. The van der Waals surface area contributed by atoms with Gasteiger partial charge in [-0.3, -0.25) is 0 Å². The van der Waals surface area contributed by atoms with E-state index in [4.69, 9.17) is 11.6 Å². The van der Waals surface area contributed by atoms with Crippen LogP contribution in [0.2, 0.25) is 5.15 Å². The van der Waals surface area contributed by atoms with Crippen molar-refractivity contribution < 1.29 is 0 Å². The molecule has 9 heteroatoms. The monoisotopic (exact) mass is 539 g/mol.